The van der Waals surface area contributed by atoms with Gasteiger partial charge in [-0.05, 0) is 53.4 Å². The van der Waals surface area contributed by atoms with Crippen LogP contribution in [0.2, 0.25) is 0 Å². The fourth-order valence-electron chi connectivity index (χ4n) is 3.36. The third kappa shape index (κ3) is 3.17. The molecule has 1 unspecified atom stereocenters. The number of fused-ring (bicyclic) bond motifs is 2. The molecule has 0 bridgehead atoms. The average Bonchev–Trinajstić information content (AvgIpc) is 2.65. The predicted molar refractivity (Wildman–Crippen MR) is 105 cm³/mol. The van der Waals surface area contributed by atoms with E-state index in [1.807, 2.05) is 36.4 Å². The number of hydrogen-bond acceptors (Lipinski definition) is 5. The SMILES string of the molecule is C[C@@H]1Nc2ccc(Br)c(Oc3ncc4ccccc4n3)c2CC1CC=O. The van der Waals surface area contributed by atoms with Crippen molar-refractivity contribution in [1.29, 1.82) is 0 Å². The molecule has 4 rings (SSSR count). The molecule has 0 aliphatic carbocycles. The van der Waals surface area contributed by atoms with Crippen LogP contribution in [0.4, 0.5) is 5.69 Å². The Labute approximate surface area is 159 Å². The van der Waals surface area contributed by atoms with Crippen LogP contribution in [-0.4, -0.2) is 22.3 Å². The largest absolute Gasteiger partial charge is 0.423 e. The van der Waals surface area contributed by atoms with Gasteiger partial charge in [-0.2, -0.15) is 4.98 Å². The van der Waals surface area contributed by atoms with Crippen LogP contribution in [0.5, 0.6) is 11.8 Å². The maximum absolute atomic E-state index is 11.0. The van der Waals surface area contributed by atoms with Crippen molar-refractivity contribution in [1.82, 2.24) is 9.97 Å². The van der Waals surface area contributed by atoms with E-state index < -0.39 is 0 Å². The zero-order valence-corrected chi connectivity index (χ0v) is 15.9. The summed E-state index contributed by atoms with van der Waals surface area (Å²) in [5.41, 5.74) is 2.91. The molecule has 1 aromatic heterocycles. The minimum atomic E-state index is 0.231. The van der Waals surface area contributed by atoms with Gasteiger partial charge < -0.3 is 14.8 Å². The molecular weight excluding hydrogens is 394 g/mol. The van der Waals surface area contributed by atoms with Gasteiger partial charge in [0.15, 0.2) is 5.75 Å². The summed E-state index contributed by atoms with van der Waals surface area (Å²) < 4.78 is 6.92. The fraction of sp³-hybridized carbons (Fsp3) is 0.250. The van der Waals surface area contributed by atoms with E-state index in [0.29, 0.717) is 18.2 Å². The Kier molecular flexibility index (Phi) is 4.59. The highest BCUT2D eigenvalue weighted by molar-refractivity contribution is 9.10. The van der Waals surface area contributed by atoms with E-state index in [2.05, 4.69) is 38.1 Å². The monoisotopic (exact) mass is 411 g/mol. The minimum absolute atomic E-state index is 0.231. The first-order valence-electron chi connectivity index (χ1n) is 8.57. The van der Waals surface area contributed by atoms with Crippen LogP contribution in [0.3, 0.4) is 0 Å². The molecule has 0 saturated heterocycles. The number of carbonyl (C=O) groups excluding carboxylic acids is 1. The number of ether oxygens (including phenoxy) is 1. The van der Waals surface area contributed by atoms with Crippen molar-refractivity contribution >= 4 is 38.8 Å². The molecule has 2 heterocycles. The average molecular weight is 412 g/mol. The minimum Gasteiger partial charge on any atom is -0.423 e. The molecular formula is C20H18BrN3O2. The summed E-state index contributed by atoms with van der Waals surface area (Å²) in [6.45, 7) is 2.10. The third-order valence-corrected chi connectivity index (χ3v) is 5.45. The molecule has 2 atom stereocenters. The van der Waals surface area contributed by atoms with Gasteiger partial charge in [0.1, 0.15) is 6.29 Å². The summed E-state index contributed by atoms with van der Waals surface area (Å²) in [5.74, 6) is 0.933. The topological polar surface area (TPSA) is 64.1 Å². The first kappa shape index (κ1) is 17.0. The summed E-state index contributed by atoms with van der Waals surface area (Å²) in [6, 6.07) is 12.3. The van der Waals surface area contributed by atoms with Crippen LogP contribution < -0.4 is 10.1 Å². The van der Waals surface area contributed by atoms with E-state index in [0.717, 1.165) is 39.3 Å². The van der Waals surface area contributed by atoms with Gasteiger partial charge >= 0.3 is 6.01 Å². The molecule has 2 aromatic carbocycles. The standard InChI is InChI=1S/C20H18BrN3O2/c1-12-13(8-9-25)10-15-18(23-12)7-6-16(21)19(15)26-20-22-11-14-4-2-3-5-17(14)24-20/h2-7,9,11-13,23H,8,10H2,1H3/t12-,13?/m0/s1. The molecule has 0 spiro atoms. The van der Waals surface area contributed by atoms with Gasteiger partial charge in [0, 0.05) is 35.3 Å². The zero-order chi connectivity index (χ0) is 18.1. The number of rotatable bonds is 4. The lowest BCUT2D eigenvalue weighted by atomic mass is 9.86. The number of nitrogens with zero attached hydrogens (tertiary/aromatic N) is 2. The maximum Gasteiger partial charge on any atom is 0.322 e. The molecule has 1 aliphatic rings. The van der Waals surface area contributed by atoms with E-state index in [4.69, 9.17) is 4.74 Å². The van der Waals surface area contributed by atoms with Gasteiger partial charge in [-0.15, -0.1) is 0 Å². The molecule has 0 amide bonds. The quantitative estimate of drug-likeness (QED) is 0.627. The highest BCUT2D eigenvalue weighted by atomic mass is 79.9. The zero-order valence-electron chi connectivity index (χ0n) is 14.3. The lowest BCUT2D eigenvalue weighted by Gasteiger charge is -2.32. The fourth-order valence-corrected chi connectivity index (χ4v) is 3.81. The van der Waals surface area contributed by atoms with Crippen LogP contribution in [0.25, 0.3) is 10.9 Å². The molecule has 6 heteroatoms. The van der Waals surface area contributed by atoms with E-state index in [1.165, 1.54) is 0 Å². The summed E-state index contributed by atoms with van der Waals surface area (Å²) in [6.07, 6.45) is 4.03. The lowest BCUT2D eigenvalue weighted by molar-refractivity contribution is -0.108. The highest BCUT2D eigenvalue weighted by Gasteiger charge is 2.28. The number of aromatic nitrogens is 2. The second kappa shape index (κ2) is 7.03. The number of hydrogen-bond donors (Lipinski definition) is 1. The van der Waals surface area contributed by atoms with Crippen molar-refractivity contribution in [2.45, 2.75) is 25.8 Å². The number of halogens is 1. The number of para-hydroxylation sites is 1. The van der Waals surface area contributed by atoms with Gasteiger partial charge in [0.25, 0.3) is 0 Å². The number of carbonyl (C=O) groups is 1. The molecule has 132 valence electrons. The first-order valence-corrected chi connectivity index (χ1v) is 9.36. The molecule has 5 nitrogen and oxygen atoms in total. The number of anilines is 1. The molecule has 0 fully saturated rings. The smallest absolute Gasteiger partial charge is 0.322 e. The Bertz CT molecular complexity index is 976. The van der Waals surface area contributed by atoms with Crippen molar-refractivity contribution in [2.24, 2.45) is 5.92 Å². The Morgan fingerprint density at radius 2 is 2.15 bits per heavy atom. The van der Waals surface area contributed by atoms with Crippen molar-refractivity contribution in [3.05, 3.63) is 52.6 Å². The van der Waals surface area contributed by atoms with Crippen LogP contribution in [0.1, 0.15) is 18.9 Å². The molecule has 0 saturated carbocycles. The van der Waals surface area contributed by atoms with Crippen LogP contribution in [0, 0.1) is 5.92 Å². The van der Waals surface area contributed by atoms with Crippen molar-refractivity contribution in [3.8, 4) is 11.8 Å². The Morgan fingerprint density at radius 1 is 1.31 bits per heavy atom. The Morgan fingerprint density at radius 3 is 3.00 bits per heavy atom. The van der Waals surface area contributed by atoms with E-state index in [9.17, 15) is 4.79 Å². The molecule has 1 N–H and O–H groups in total. The second-order valence-corrected chi connectivity index (χ2v) is 7.37. The normalized spacial score (nSPS) is 18.8. The van der Waals surface area contributed by atoms with E-state index in [-0.39, 0.29) is 12.0 Å². The Hall–Kier alpha value is -2.47. The third-order valence-electron chi connectivity index (χ3n) is 4.83. The Balaban J connectivity index is 1.72. The maximum atomic E-state index is 11.0. The number of nitrogens with one attached hydrogen (secondary N) is 1. The predicted octanol–water partition coefficient (Wildman–Crippen LogP) is 4.75. The molecule has 0 radical (unpaired) electrons. The van der Waals surface area contributed by atoms with Crippen LogP contribution in [0.15, 0.2) is 47.1 Å². The van der Waals surface area contributed by atoms with Gasteiger partial charge in [0.2, 0.25) is 0 Å². The number of aldehydes is 1. The van der Waals surface area contributed by atoms with Gasteiger partial charge in [-0.25, -0.2) is 4.98 Å². The molecule has 3 aromatic rings. The van der Waals surface area contributed by atoms with Gasteiger partial charge in [-0.1, -0.05) is 18.2 Å². The first-order chi connectivity index (χ1) is 12.7. The summed E-state index contributed by atoms with van der Waals surface area (Å²) in [4.78, 5) is 19.8. The number of benzene rings is 2. The van der Waals surface area contributed by atoms with Crippen LogP contribution >= 0.6 is 15.9 Å². The molecule has 1 aliphatic heterocycles. The van der Waals surface area contributed by atoms with Crippen molar-refractivity contribution in [2.75, 3.05) is 5.32 Å². The summed E-state index contributed by atoms with van der Waals surface area (Å²) in [7, 11) is 0. The summed E-state index contributed by atoms with van der Waals surface area (Å²) in [5, 5.41) is 4.45. The van der Waals surface area contributed by atoms with E-state index >= 15 is 0 Å². The van der Waals surface area contributed by atoms with Crippen molar-refractivity contribution in [3.63, 3.8) is 0 Å². The second-order valence-electron chi connectivity index (χ2n) is 6.52. The van der Waals surface area contributed by atoms with Gasteiger partial charge in [0.05, 0.1) is 9.99 Å². The van der Waals surface area contributed by atoms with Gasteiger partial charge in [-0.3, -0.25) is 0 Å². The highest BCUT2D eigenvalue weighted by Crippen LogP contribution is 2.41. The van der Waals surface area contributed by atoms with Crippen molar-refractivity contribution < 1.29 is 9.53 Å². The lowest BCUT2D eigenvalue weighted by Crippen LogP contribution is -2.33. The summed E-state index contributed by atoms with van der Waals surface area (Å²) >= 11 is 3.58. The molecule has 26 heavy (non-hydrogen) atoms. The van der Waals surface area contributed by atoms with Crippen LogP contribution in [-0.2, 0) is 11.2 Å². The van der Waals surface area contributed by atoms with E-state index in [1.54, 1.807) is 6.20 Å².